The van der Waals surface area contributed by atoms with Gasteiger partial charge in [0.05, 0.1) is 0 Å². The Hall–Kier alpha value is -0.930. The number of likely N-dealkylation sites (tertiary alicyclic amines) is 1. The molecule has 3 heteroatoms. The van der Waals surface area contributed by atoms with Crippen molar-refractivity contribution in [3.63, 3.8) is 0 Å². The van der Waals surface area contributed by atoms with Crippen molar-refractivity contribution >= 4 is 0 Å². The monoisotopic (exact) mass is 302 g/mol. The molecule has 4 rings (SSSR count). The van der Waals surface area contributed by atoms with E-state index in [1.54, 1.807) is 12.1 Å². The molecular formula is C19H27FN2. The first-order valence-corrected chi connectivity index (χ1v) is 8.98. The lowest BCUT2D eigenvalue weighted by Gasteiger charge is -2.34. The van der Waals surface area contributed by atoms with Gasteiger partial charge in [-0.05, 0) is 93.2 Å². The topological polar surface area (TPSA) is 15.3 Å². The minimum Gasteiger partial charge on any atom is -0.316 e. The van der Waals surface area contributed by atoms with Gasteiger partial charge in [-0.1, -0.05) is 12.1 Å². The van der Waals surface area contributed by atoms with Crippen molar-refractivity contribution in [2.45, 2.75) is 31.6 Å². The van der Waals surface area contributed by atoms with Crippen molar-refractivity contribution in [3.05, 3.63) is 35.6 Å². The second-order valence-electron chi connectivity index (χ2n) is 7.55. The first kappa shape index (κ1) is 14.6. The number of hydrogen-bond donors (Lipinski definition) is 1. The van der Waals surface area contributed by atoms with E-state index < -0.39 is 0 Å². The maximum atomic E-state index is 13.0. The molecule has 2 heterocycles. The molecule has 0 aromatic heterocycles. The van der Waals surface area contributed by atoms with E-state index >= 15 is 0 Å². The second kappa shape index (κ2) is 6.29. The van der Waals surface area contributed by atoms with Crippen LogP contribution < -0.4 is 5.32 Å². The van der Waals surface area contributed by atoms with Gasteiger partial charge in [0.25, 0.3) is 0 Å². The van der Waals surface area contributed by atoms with Crippen molar-refractivity contribution < 1.29 is 4.39 Å². The Morgan fingerprint density at radius 2 is 1.73 bits per heavy atom. The zero-order valence-corrected chi connectivity index (χ0v) is 13.3. The quantitative estimate of drug-likeness (QED) is 0.918. The molecule has 2 aliphatic heterocycles. The Morgan fingerprint density at radius 1 is 1.00 bits per heavy atom. The summed E-state index contributed by atoms with van der Waals surface area (Å²) in [5.74, 6) is 3.33. The van der Waals surface area contributed by atoms with Crippen LogP contribution in [-0.4, -0.2) is 37.6 Å². The van der Waals surface area contributed by atoms with Crippen LogP contribution in [0, 0.1) is 23.6 Å². The summed E-state index contributed by atoms with van der Waals surface area (Å²) in [6, 6.07) is 7.15. The first-order valence-electron chi connectivity index (χ1n) is 8.98. The fraction of sp³-hybridized carbons (Fsp3) is 0.684. The van der Waals surface area contributed by atoms with E-state index in [-0.39, 0.29) is 5.82 Å². The predicted octanol–water partition coefficient (Wildman–Crippen LogP) is 3.25. The van der Waals surface area contributed by atoms with Crippen LogP contribution in [0.15, 0.2) is 24.3 Å². The van der Waals surface area contributed by atoms with Crippen molar-refractivity contribution in [3.8, 4) is 0 Å². The lowest BCUT2D eigenvalue weighted by Crippen LogP contribution is -2.38. The highest BCUT2D eigenvalue weighted by atomic mass is 19.1. The third kappa shape index (κ3) is 3.21. The van der Waals surface area contributed by atoms with Gasteiger partial charge >= 0.3 is 0 Å². The highest BCUT2D eigenvalue weighted by Crippen LogP contribution is 2.42. The number of nitrogens with one attached hydrogen (secondary N) is 1. The van der Waals surface area contributed by atoms with Crippen LogP contribution in [0.2, 0.25) is 0 Å². The minimum atomic E-state index is -0.124. The van der Waals surface area contributed by atoms with E-state index in [4.69, 9.17) is 0 Å². The number of piperidine rings is 1. The molecule has 1 aromatic carbocycles. The van der Waals surface area contributed by atoms with Gasteiger partial charge in [-0.3, -0.25) is 0 Å². The van der Waals surface area contributed by atoms with Crippen molar-refractivity contribution in [2.24, 2.45) is 17.8 Å². The number of halogens is 1. The van der Waals surface area contributed by atoms with Crippen molar-refractivity contribution in [2.75, 3.05) is 32.7 Å². The van der Waals surface area contributed by atoms with Crippen molar-refractivity contribution in [1.29, 1.82) is 0 Å². The van der Waals surface area contributed by atoms with E-state index in [1.807, 2.05) is 12.1 Å². The smallest absolute Gasteiger partial charge is 0.123 e. The molecule has 2 atom stereocenters. The number of hydrogen-bond acceptors (Lipinski definition) is 2. The molecule has 3 aliphatic rings. The molecule has 2 nitrogen and oxygen atoms in total. The summed E-state index contributed by atoms with van der Waals surface area (Å²) < 4.78 is 13.0. The van der Waals surface area contributed by atoms with Crippen LogP contribution in [0.25, 0.3) is 0 Å². The third-order valence-corrected chi connectivity index (χ3v) is 6.04. The highest BCUT2D eigenvalue weighted by molar-refractivity contribution is 5.21. The Balaban J connectivity index is 1.29. The Bertz CT molecular complexity index is 489. The molecule has 2 saturated heterocycles. The van der Waals surface area contributed by atoms with Crippen LogP contribution in [0.3, 0.4) is 0 Å². The van der Waals surface area contributed by atoms with E-state index in [2.05, 4.69) is 10.2 Å². The number of nitrogens with zero attached hydrogens (tertiary/aromatic N) is 1. The van der Waals surface area contributed by atoms with E-state index in [0.29, 0.717) is 5.92 Å². The number of benzene rings is 1. The van der Waals surface area contributed by atoms with Crippen LogP contribution in [-0.2, 0) is 0 Å². The molecule has 1 saturated carbocycles. The summed E-state index contributed by atoms with van der Waals surface area (Å²) in [6.45, 7) is 6.16. The molecule has 1 aromatic rings. The maximum absolute atomic E-state index is 13.0. The molecule has 22 heavy (non-hydrogen) atoms. The lowest BCUT2D eigenvalue weighted by molar-refractivity contribution is 0.167. The van der Waals surface area contributed by atoms with E-state index in [9.17, 15) is 4.39 Å². The summed E-state index contributed by atoms with van der Waals surface area (Å²) in [4.78, 5) is 2.67. The van der Waals surface area contributed by atoms with Gasteiger partial charge in [-0.2, -0.15) is 0 Å². The number of rotatable bonds is 4. The summed E-state index contributed by atoms with van der Waals surface area (Å²) in [5, 5.41) is 3.61. The molecular weight excluding hydrogens is 275 g/mol. The van der Waals surface area contributed by atoms with Gasteiger partial charge in [0.2, 0.25) is 0 Å². The molecule has 1 aliphatic carbocycles. The Kier molecular flexibility index (Phi) is 4.19. The Morgan fingerprint density at radius 3 is 2.41 bits per heavy atom. The zero-order valence-electron chi connectivity index (χ0n) is 13.3. The molecule has 3 fully saturated rings. The third-order valence-electron chi connectivity index (χ3n) is 6.04. The molecule has 0 bridgehead atoms. The lowest BCUT2D eigenvalue weighted by atomic mass is 9.87. The van der Waals surface area contributed by atoms with Gasteiger partial charge in [-0.15, -0.1) is 0 Å². The average molecular weight is 302 g/mol. The highest BCUT2D eigenvalue weighted by Gasteiger charge is 2.39. The largest absolute Gasteiger partial charge is 0.316 e. The average Bonchev–Trinajstić information content (AvgIpc) is 3.29. The SMILES string of the molecule is Fc1ccc(C2CCN(CC3CNC[C@H]3C3CC3)CC2)cc1. The van der Waals surface area contributed by atoms with Gasteiger partial charge < -0.3 is 10.2 Å². The van der Waals surface area contributed by atoms with Crippen LogP contribution in [0.4, 0.5) is 4.39 Å². The van der Waals surface area contributed by atoms with Gasteiger partial charge in [0.15, 0.2) is 0 Å². The molecule has 1 unspecified atom stereocenters. The van der Waals surface area contributed by atoms with Gasteiger partial charge in [0, 0.05) is 6.54 Å². The standard InChI is InChI=1S/C19H27FN2/c20-18-5-3-14(4-6-18)15-7-9-22(10-8-15)13-17-11-21-12-19(17)16-1-2-16/h3-6,15-17,19,21H,1-2,7-13H2/t17?,19-/m0/s1. The van der Waals surface area contributed by atoms with Crippen LogP contribution in [0.1, 0.15) is 37.2 Å². The van der Waals surface area contributed by atoms with E-state index in [1.165, 1.54) is 64.0 Å². The molecule has 1 N–H and O–H groups in total. The molecule has 0 radical (unpaired) electrons. The summed E-state index contributed by atoms with van der Waals surface area (Å²) in [7, 11) is 0. The Labute approximate surface area is 133 Å². The minimum absolute atomic E-state index is 0.124. The summed E-state index contributed by atoms with van der Waals surface area (Å²) >= 11 is 0. The fourth-order valence-corrected chi connectivity index (χ4v) is 4.54. The maximum Gasteiger partial charge on any atom is 0.123 e. The summed E-state index contributed by atoms with van der Waals surface area (Å²) in [5.41, 5.74) is 1.32. The van der Waals surface area contributed by atoms with Gasteiger partial charge in [0.1, 0.15) is 5.82 Å². The molecule has 0 amide bonds. The fourth-order valence-electron chi connectivity index (χ4n) is 4.54. The second-order valence-corrected chi connectivity index (χ2v) is 7.55. The zero-order chi connectivity index (χ0) is 14.9. The molecule has 0 spiro atoms. The van der Waals surface area contributed by atoms with Crippen LogP contribution >= 0.6 is 0 Å². The van der Waals surface area contributed by atoms with Crippen molar-refractivity contribution in [1.82, 2.24) is 10.2 Å². The summed E-state index contributed by atoms with van der Waals surface area (Å²) in [6.07, 6.45) is 5.38. The van der Waals surface area contributed by atoms with Gasteiger partial charge in [-0.25, -0.2) is 4.39 Å². The van der Waals surface area contributed by atoms with Crippen LogP contribution in [0.5, 0.6) is 0 Å². The normalized spacial score (nSPS) is 30.8. The van der Waals surface area contributed by atoms with E-state index in [0.717, 1.165) is 17.8 Å². The predicted molar refractivity (Wildman–Crippen MR) is 87.4 cm³/mol. The molecule has 120 valence electrons. The first-order chi connectivity index (χ1) is 10.8.